The number of ether oxygens (including phenoxy) is 1. The number of imide groups is 1. The number of hydrogen-bond donors (Lipinski definition) is 0. The average Bonchev–Trinajstić information content (AvgIpc) is 3.39. The number of ketones is 1. The largest absolute Gasteiger partial charge is 0.483 e. The lowest BCUT2D eigenvalue weighted by molar-refractivity contribution is -0.123. The SMILES string of the molecule is CC1=C[C@H]2C[C@H]1[C@H]1C(=O)N(c3ccccc3OCC(=O)c3ccc(C)c(C)c3)C(=O)[C@@H]12. The zero-order valence-corrected chi connectivity index (χ0v) is 17.9. The summed E-state index contributed by atoms with van der Waals surface area (Å²) in [7, 11) is 0. The molecule has 0 N–H and O–H groups in total. The molecule has 2 aromatic rings. The van der Waals surface area contributed by atoms with Gasteiger partial charge in [-0.3, -0.25) is 14.4 Å². The first kappa shape index (κ1) is 19.7. The highest BCUT2D eigenvalue weighted by molar-refractivity contribution is 6.23. The van der Waals surface area contributed by atoms with E-state index in [1.54, 1.807) is 30.3 Å². The molecule has 1 heterocycles. The van der Waals surface area contributed by atoms with Crippen LogP contribution in [0.4, 0.5) is 5.69 Å². The van der Waals surface area contributed by atoms with Crippen molar-refractivity contribution in [3.05, 3.63) is 70.8 Å². The molecule has 4 atom stereocenters. The van der Waals surface area contributed by atoms with Gasteiger partial charge in [0, 0.05) is 5.56 Å². The number of carbonyl (C=O) groups excluding carboxylic acids is 3. The summed E-state index contributed by atoms with van der Waals surface area (Å²) in [5.74, 6) is -0.301. The Morgan fingerprint density at radius 1 is 1.00 bits per heavy atom. The molecular formula is C26H25NO4. The van der Waals surface area contributed by atoms with Crippen molar-refractivity contribution < 1.29 is 19.1 Å². The number of para-hydroxylation sites is 2. The van der Waals surface area contributed by atoms with Crippen LogP contribution in [0.15, 0.2) is 54.1 Å². The van der Waals surface area contributed by atoms with Crippen LogP contribution in [0, 0.1) is 37.5 Å². The Kier molecular flexibility index (Phi) is 4.58. The van der Waals surface area contributed by atoms with Crippen LogP contribution in [0.1, 0.15) is 34.8 Å². The van der Waals surface area contributed by atoms with E-state index in [1.807, 2.05) is 26.0 Å². The Morgan fingerprint density at radius 3 is 2.52 bits per heavy atom. The van der Waals surface area contributed by atoms with Gasteiger partial charge >= 0.3 is 0 Å². The average molecular weight is 415 g/mol. The van der Waals surface area contributed by atoms with Gasteiger partial charge in [-0.2, -0.15) is 0 Å². The number of hydrogen-bond acceptors (Lipinski definition) is 4. The van der Waals surface area contributed by atoms with E-state index in [0.29, 0.717) is 17.0 Å². The van der Waals surface area contributed by atoms with E-state index in [4.69, 9.17) is 4.74 Å². The number of rotatable bonds is 5. The molecule has 0 unspecified atom stereocenters. The minimum atomic E-state index is -0.272. The van der Waals surface area contributed by atoms with E-state index in [2.05, 4.69) is 13.0 Å². The van der Waals surface area contributed by atoms with Crippen molar-refractivity contribution in [2.24, 2.45) is 23.7 Å². The van der Waals surface area contributed by atoms with Crippen molar-refractivity contribution in [2.45, 2.75) is 27.2 Å². The molecular weight excluding hydrogens is 390 g/mol. The van der Waals surface area contributed by atoms with Gasteiger partial charge in [0.2, 0.25) is 11.8 Å². The van der Waals surface area contributed by atoms with Gasteiger partial charge in [0.05, 0.1) is 17.5 Å². The molecule has 2 fully saturated rings. The lowest BCUT2D eigenvalue weighted by atomic mass is 9.82. The lowest BCUT2D eigenvalue weighted by Crippen LogP contribution is -2.33. The van der Waals surface area contributed by atoms with Crippen molar-refractivity contribution in [3.8, 4) is 5.75 Å². The van der Waals surface area contributed by atoms with Crippen molar-refractivity contribution in [1.29, 1.82) is 0 Å². The van der Waals surface area contributed by atoms with Crippen LogP contribution in [0.2, 0.25) is 0 Å². The summed E-state index contributed by atoms with van der Waals surface area (Å²) in [6.07, 6.45) is 3.06. The van der Waals surface area contributed by atoms with Crippen LogP contribution in [0.25, 0.3) is 0 Å². The van der Waals surface area contributed by atoms with Gasteiger partial charge in [-0.15, -0.1) is 0 Å². The van der Waals surface area contributed by atoms with Crippen molar-refractivity contribution >= 4 is 23.3 Å². The molecule has 2 amide bonds. The fourth-order valence-corrected chi connectivity index (χ4v) is 5.42. The van der Waals surface area contributed by atoms with Crippen molar-refractivity contribution in [2.75, 3.05) is 11.5 Å². The lowest BCUT2D eigenvalue weighted by Gasteiger charge is -2.21. The fraction of sp³-hybridized carbons (Fsp3) is 0.346. The normalized spacial score (nSPS) is 26.3. The third-order valence-electron chi connectivity index (χ3n) is 7.17. The summed E-state index contributed by atoms with van der Waals surface area (Å²) in [5.41, 5.74) is 4.40. The summed E-state index contributed by atoms with van der Waals surface area (Å²) in [5, 5.41) is 0. The predicted octanol–water partition coefficient (Wildman–Crippen LogP) is 4.27. The highest BCUT2D eigenvalue weighted by atomic mass is 16.5. The fourth-order valence-electron chi connectivity index (χ4n) is 5.42. The molecule has 5 heteroatoms. The number of carbonyl (C=O) groups is 3. The van der Waals surface area contributed by atoms with Crippen LogP contribution < -0.4 is 9.64 Å². The van der Waals surface area contributed by atoms with E-state index in [0.717, 1.165) is 17.5 Å². The summed E-state index contributed by atoms with van der Waals surface area (Å²) >= 11 is 0. The smallest absolute Gasteiger partial charge is 0.238 e. The topological polar surface area (TPSA) is 63.7 Å². The summed E-state index contributed by atoms with van der Waals surface area (Å²) in [6.45, 7) is 5.86. The Hall–Kier alpha value is -3.21. The molecule has 5 nitrogen and oxygen atoms in total. The standard InChI is InChI=1S/C26H25NO4/c1-14-8-9-17(10-15(14)2)21(28)13-31-22-7-5-4-6-20(22)27-25(29)23-18-11-16(3)19(12-18)24(23)26(27)30/h4-11,18-19,23-24H,12-13H2,1-3H3/t18-,19+,23+,24+/m0/s1. The third kappa shape index (κ3) is 3.02. The first-order valence-corrected chi connectivity index (χ1v) is 10.7. The van der Waals surface area contributed by atoms with Crippen LogP contribution in [-0.4, -0.2) is 24.2 Å². The van der Waals surface area contributed by atoms with Crippen LogP contribution >= 0.6 is 0 Å². The molecule has 2 aliphatic carbocycles. The maximum Gasteiger partial charge on any atom is 0.238 e. The summed E-state index contributed by atoms with van der Waals surface area (Å²) < 4.78 is 5.84. The van der Waals surface area contributed by atoms with E-state index in [9.17, 15) is 14.4 Å². The van der Waals surface area contributed by atoms with Crippen molar-refractivity contribution in [3.63, 3.8) is 0 Å². The Labute approximate surface area is 181 Å². The van der Waals surface area contributed by atoms with Gasteiger partial charge in [0.25, 0.3) is 0 Å². The van der Waals surface area contributed by atoms with Gasteiger partial charge in [-0.1, -0.05) is 35.9 Å². The van der Waals surface area contributed by atoms with Crippen LogP contribution in [0.3, 0.4) is 0 Å². The van der Waals surface area contributed by atoms with E-state index in [1.165, 1.54) is 10.5 Å². The molecule has 5 rings (SSSR count). The molecule has 158 valence electrons. The van der Waals surface area contributed by atoms with Gasteiger partial charge < -0.3 is 4.74 Å². The zero-order chi connectivity index (χ0) is 21.9. The second kappa shape index (κ2) is 7.19. The minimum absolute atomic E-state index is 0.147. The molecule has 0 spiro atoms. The zero-order valence-electron chi connectivity index (χ0n) is 17.9. The molecule has 0 aromatic heterocycles. The highest BCUT2D eigenvalue weighted by Crippen LogP contribution is 2.56. The molecule has 2 bridgehead atoms. The Balaban J connectivity index is 1.38. The number of Topliss-reactive ketones (excluding diaryl/α,β-unsaturated/α-hetero) is 1. The number of anilines is 1. The molecule has 1 saturated carbocycles. The monoisotopic (exact) mass is 415 g/mol. The summed E-state index contributed by atoms with van der Waals surface area (Å²) in [6, 6.07) is 12.5. The molecule has 1 aliphatic heterocycles. The van der Waals surface area contributed by atoms with E-state index < -0.39 is 0 Å². The van der Waals surface area contributed by atoms with Gasteiger partial charge in [-0.05, 0) is 68.4 Å². The number of benzene rings is 2. The molecule has 0 radical (unpaired) electrons. The molecule has 1 saturated heterocycles. The van der Waals surface area contributed by atoms with E-state index in [-0.39, 0.29) is 47.9 Å². The number of allylic oxidation sites excluding steroid dienone is 2. The second-order valence-corrected chi connectivity index (χ2v) is 8.96. The van der Waals surface area contributed by atoms with Crippen LogP contribution in [0.5, 0.6) is 5.75 Å². The quantitative estimate of drug-likeness (QED) is 0.416. The molecule has 3 aliphatic rings. The van der Waals surface area contributed by atoms with Gasteiger partial charge in [0.15, 0.2) is 12.4 Å². The van der Waals surface area contributed by atoms with E-state index >= 15 is 0 Å². The minimum Gasteiger partial charge on any atom is -0.483 e. The van der Waals surface area contributed by atoms with Crippen molar-refractivity contribution in [1.82, 2.24) is 0 Å². The molecule has 31 heavy (non-hydrogen) atoms. The maximum absolute atomic E-state index is 13.3. The number of aryl methyl sites for hydroxylation is 2. The first-order chi connectivity index (χ1) is 14.9. The number of nitrogens with zero attached hydrogens (tertiary/aromatic N) is 1. The second-order valence-electron chi connectivity index (χ2n) is 8.96. The summed E-state index contributed by atoms with van der Waals surface area (Å²) in [4.78, 5) is 40.4. The Bertz CT molecular complexity index is 1150. The predicted molar refractivity (Wildman–Crippen MR) is 117 cm³/mol. The first-order valence-electron chi connectivity index (χ1n) is 10.7. The Morgan fingerprint density at radius 2 is 1.74 bits per heavy atom. The number of fused-ring (bicyclic) bond motifs is 5. The van der Waals surface area contributed by atoms with Crippen LogP contribution in [-0.2, 0) is 9.59 Å². The van der Waals surface area contributed by atoms with Gasteiger partial charge in [-0.25, -0.2) is 4.90 Å². The highest BCUT2D eigenvalue weighted by Gasteiger charge is 2.61. The maximum atomic E-state index is 13.3. The third-order valence-corrected chi connectivity index (χ3v) is 7.17. The van der Waals surface area contributed by atoms with Gasteiger partial charge in [0.1, 0.15) is 5.75 Å². The molecule has 2 aromatic carbocycles. The number of amides is 2.